The fourth-order valence-electron chi connectivity index (χ4n) is 0.858. The molecule has 0 unspecified atom stereocenters. The first-order chi connectivity index (χ1) is 6.65. The summed E-state index contributed by atoms with van der Waals surface area (Å²) in [4.78, 5) is 7.92. The molecule has 0 aliphatic heterocycles. The second kappa shape index (κ2) is 5.00. The van der Waals surface area contributed by atoms with Gasteiger partial charge in [0.15, 0.2) is 0 Å². The second-order valence-corrected chi connectivity index (χ2v) is 3.37. The molecule has 2 N–H and O–H groups in total. The minimum absolute atomic E-state index is 0.256. The first-order valence-electron chi connectivity index (χ1n) is 4.57. The van der Waals surface area contributed by atoms with Gasteiger partial charge in [-0.1, -0.05) is 24.9 Å². The summed E-state index contributed by atoms with van der Waals surface area (Å²) < 4.78 is 5.28. The summed E-state index contributed by atoms with van der Waals surface area (Å²) in [6.07, 6.45) is 2.03. The molecule has 5 heteroatoms. The van der Waals surface area contributed by atoms with Gasteiger partial charge in [-0.2, -0.15) is 9.97 Å². The molecule has 0 atom stereocenters. The first-order valence-corrected chi connectivity index (χ1v) is 4.95. The number of nitrogens with two attached hydrogens (primary N) is 1. The highest BCUT2D eigenvalue weighted by molar-refractivity contribution is 6.30. The third kappa shape index (κ3) is 2.73. The minimum atomic E-state index is 0.256. The summed E-state index contributed by atoms with van der Waals surface area (Å²) in [6, 6.07) is 0.256. The van der Waals surface area contributed by atoms with E-state index in [9.17, 15) is 0 Å². The van der Waals surface area contributed by atoms with Gasteiger partial charge in [-0.3, -0.25) is 0 Å². The molecule has 1 heterocycles. The zero-order chi connectivity index (χ0) is 10.6. The lowest BCUT2D eigenvalue weighted by Crippen LogP contribution is -2.04. The number of hydrogen-bond acceptors (Lipinski definition) is 4. The van der Waals surface area contributed by atoms with E-state index in [1.807, 2.05) is 0 Å². The molecule has 0 amide bonds. The van der Waals surface area contributed by atoms with Crippen molar-refractivity contribution in [1.82, 2.24) is 9.97 Å². The molecule has 0 saturated heterocycles. The van der Waals surface area contributed by atoms with Crippen LogP contribution < -0.4 is 10.5 Å². The number of ether oxygens (including phenoxy) is 1. The van der Waals surface area contributed by atoms with Gasteiger partial charge >= 0.3 is 6.01 Å². The number of hydrogen-bond donors (Lipinski definition) is 1. The van der Waals surface area contributed by atoms with E-state index in [2.05, 4.69) is 16.9 Å². The molecule has 4 nitrogen and oxygen atoms in total. The summed E-state index contributed by atoms with van der Waals surface area (Å²) in [5, 5.41) is 0.351. The zero-order valence-corrected chi connectivity index (χ0v) is 9.14. The first kappa shape index (κ1) is 11.0. The van der Waals surface area contributed by atoms with Gasteiger partial charge in [0.1, 0.15) is 11.0 Å². The fourth-order valence-corrected chi connectivity index (χ4v) is 1.03. The number of nitrogens with zero attached hydrogens (tertiary/aromatic N) is 2. The van der Waals surface area contributed by atoms with E-state index >= 15 is 0 Å². The Morgan fingerprint density at radius 1 is 1.43 bits per heavy atom. The second-order valence-electron chi connectivity index (χ2n) is 3.01. The van der Waals surface area contributed by atoms with Gasteiger partial charge in [0.2, 0.25) is 0 Å². The van der Waals surface area contributed by atoms with Crippen molar-refractivity contribution in [3.63, 3.8) is 0 Å². The lowest BCUT2D eigenvalue weighted by atomic mass is 10.3. The Morgan fingerprint density at radius 3 is 2.71 bits per heavy atom. The van der Waals surface area contributed by atoms with Crippen molar-refractivity contribution in [2.75, 3.05) is 12.3 Å². The molecule has 1 rings (SSSR count). The zero-order valence-electron chi connectivity index (χ0n) is 8.38. The van der Waals surface area contributed by atoms with E-state index in [-0.39, 0.29) is 6.01 Å². The summed E-state index contributed by atoms with van der Waals surface area (Å²) >= 11 is 5.82. The molecule has 78 valence electrons. The van der Waals surface area contributed by atoms with Gasteiger partial charge in [0.05, 0.1) is 6.61 Å². The standard InChI is InChI=1S/C9H14ClN3O/c1-3-4-5-14-9-12-7(10)6(2)8(11)13-9/h3-5H2,1-2H3,(H2,11,12,13). The largest absolute Gasteiger partial charge is 0.463 e. The van der Waals surface area contributed by atoms with E-state index in [0.29, 0.717) is 23.1 Å². The summed E-state index contributed by atoms with van der Waals surface area (Å²) in [6.45, 7) is 4.45. The monoisotopic (exact) mass is 215 g/mol. The molecule has 0 aliphatic carbocycles. The third-order valence-electron chi connectivity index (χ3n) is 1.83. The van der Waals surface area contributed by atoms with E-state index in [0.717, 1.165) is 12.8 Å². The van der Waals surface area contributed by atoms with Crippen LogP contribution in [-0.2, 0) is 0 Å². The maximum absolute atomic E-state index is 5.82. The predicted molar refractivity (Wildman–Crippen MR) is 56.6 cm³/mol. The Labute approximate surface area is 88.5 Å². The van der Waals surface area contributed by atoms with Crippen molar-refractivity contribution < 1.29 is 4.74 Å². The number of halogens is 1. The summed E-state index contributed by atoms with van der Waals surface area (Å²) in [5.41, 5.74) is 6.30. The van der Waals surface area contributed by atoms with Crippen LogP contribution in [0.2, 0.25) is 5.15 Å². The van der Waals surface area contributed by atoms with Crippen LogP contribution >= 0.6 is 11.6 Å². The van der Waals surface area contributed by atoms with Crippen LogP contribution in [0.1, 0.15) is 25.3 Å². The lowest BCUT2D eigenvalue weighted by Gasteiger charge is -2.06. The fraction of sp³-hybridized carbons (Fsp3) is 0.556. The Morgan fingerprint density at radius 2 is 2.14 bits per heavy atom. The average molecular weight is 216 g/mol. The number of aromatic nitrogens is 2. The van der Waals surface area contributed by atoms with Crippen LogP contribution in [0.3, 0.4) is 0 Å². The van der Waals surface area contributed by atoms with Crippen molar-refractivity contribution in [3.8, 4) is 6.01 Å². The van der Waals surface area contributed by atoms with Crippen molar-refractivity contribution in [1.29, 1.82) is 0 Å². The highest BCUT2D eigenvalue weighted by Gasteiger charge is 2.06. The Balaban J connectivity index is 2.69. The van der Waals surface area contributed by atoms with Crippen LogP contribution in [0.25, 0.3) is 0 Å². The quantitative estimate of drug-likeness (QED) is 0.618. The predicted octanol–water partition coefficient (Wildman–Crippen LogP) is 2.20. The van der Waals surface area contributed by atoms with Gasteiger partial charge in [0, 0.05) is 5.56 Å². The molecule has 0 spiro atoms. The maximum Gasteiger partial charge on any atom is 0.319 e. The molecule has 1 aromatic rings. The van der Waals surface area contributed by atoms with Gasteiger partial charge in [-0.05, 0) is 13.3 Å². The molecule has 0 fully saturated rings. The lowest BCUT2D eigenvalue weighted by molar-refractivity contribution is 0.285. The maximum atomic E-state index is 5.82. The van der Waals surface area contributed by atoms with E-state index in [1.165, 1.54) is 0 Å². The third-order valence-corrected chi connectivity index (χ3v) is 2.20. The number of nitrogen functional groups attached to an aromatic ring is 1. The molecule has 0 aliphatic rings. The average Bonchev–Trinajstić information content (AvgIpc) is 2.14. The molecule has 14 heavy (non-hydrogen) atoms. The van der Waals surface area contributed by atoms with Crippen molar-refractivity contribution in [3.05, 3.63) is 10.7 Å². The number of unbranched alkanes of at least 4 members (excludes halogenated alkanes) is 1. The topological polar surface area (TPSA) is 61.0 Å². The Bertz CT molecular complexity index is 294. The Kier molecular flexibility index (Phi) is 3.95. The summed E-state index contributed by atoms with van der Waals surface area (Å²) in [7, 11) is 0. The summed E-state index contributed by atoms with van der Waals surface area (Å²) in [5.74, 6) is 0.372. The van der Waals surface area contributed by atoms with E-state index < -0.39 is 0 Å². The SMILES string of the molecule is CCCCOc1nc(N)c(C)c(Cl)n1. The van der Waals surface area contributed by atoms with E-state index in [4.69, 9.17) is 22.1 Å². The van der Waals surface area contributed by atoms with Gasteiger partial charge < -0.3 is 10.5 Å². The Hall–Kier alpha value is -1.03. The van der Waals surface area contributed by atoms with Crippen LogP contribution in [0.15, 0.2) is 0 Å². The molecule has 1 aromatic heterocycles. The molecular formula is C9H14ClN3O. The van der Waals surface area contributed by atoms with Gasteiger partial charge in [-0.25, -0.2) is 0 Å². The van der Waals surface area contributed by atoms with Crippen molar-refractivity contribution in [2.24, 2.45) is 0 Å². The van der Waals surface area contributed by atoms with Crippen LogP contribution in [0.5, 0.6) is 6.01 Å². The van der Waals surface area contributed by atoms with Crippen molar-refractivity contribution >= 4 is 17.4 Å². The molecule has 0 bridgehead atoms. The molecule has 0 radical (unpaired) electrons. The molecule has 0 aromatic carbocycles. The van der Waals surface area contributed by atoms with Gasteiger partial charge in [0.25, 0.3) is 0 Å². The number of anilines is 1. The highest BCUT2D eigenvalue weighted by Crippen LogP contribution is 2.19. The molecule has 0 saturated carbocycles. The smallest absolute Gasteiger partial charge is 0.319 e. The highest BCUT2D eigenvalue weighted by atomic mass is 35.5. The number of rotatable bonds is 4. The normalized spacial score (nSPS) is 10.2. The minimum Gasteiger partial charge on any atom is -0.463 e. The molecular weight excluding hydrogens is 202 g/mol. The van der Waals surface area contributed by atoms with E-state index in [1.54, 1.807) is 6.92 Å². The van der Waals surface area contributed by atoms with Gasteiger partial charge in [-0.15, -0.1) is 0 Å². The van der Waals surface area contributed by atoms with Crippen molar-refractivity contribution in [2.45, 2.75) is 26.7 Å². The van der Waals surface area contributed by atoms with Crippen LogP contribution in [-0.4, -0.2) is 16.6 Å². The van der Waals surface area contributed by atoms with Crippen LogP contribution in [0.4, 0.5) is 5.82 Å². The van der Waals surface area contributed by atoms with Crippen LogP contribution in [0, 0.1) is 6.92 Å².